The molecule has 0 aromatic carbocycles. The average molecular weight is 360 g/mol. The summed E-state index contributed by atoms with van der Waals surface area (Å²) in [7, 11) is 0. The molecule has 23 heavy (non-hydrogen) atoms. The highest BCUT2D eigenvalue weighted by atomic mass is 32.2. The minimum atomic E-state index is -0.987. The van der Waals surface area contributed by atoms with Crippen LogP contribution in [0.1, 0.15) is 34.6 Å². The highest BCUT2D eigenvalue weighted by Crippen LogP contribution is 2.30. The van der Waals surface area contributed by atoms with E-state index in [9.17, 15) is 14.4 Å². The van der Waals surface area contributed by atoms with Crippen molar-refractivity contribution in [2.45, 2.75) is 49.7 Å². The number of hydrogen-bond acceptors (Lipinski definition) is 8. The summed E-state index contributed by atoms with van der Waals surface area (Å²) in [5, 5.41) is 12.2. The third-order valence-electron chi connectivity index (χ3n) is 2.20. The first kappa shape index (κ1) is 19.4. The third kappa shape index (κ3) is 6.95. The zero-order chi connectivity index (χ0) is 17.6. The second-order valence-corrected chi connectivity index (χ2v) is 7.89. The Morgan fingerprint density at radius 3 is 2.48 bits per heavy atom. The van der Waals surface area contributed by atoms with Gasteiger partial charge in [0.15, 0.2) is 15.4 Å². The molecule has 2 N–H and O–H groups in total. The number of ether oxygens (including phenoxy) is 1. The Hall–Kier alpha value is -1.68. The highest BCUT2D eigenvalue weighted by Gasteiger charge is 2.28. The van der Waals surface area contributed by atoms with Crippen molar-refractivity contribution in [3.8, 4) is 0 Å². The summed E-state index contributed by atoms with van der Waals surface area (Å²) in [5.41, 5.74) is -0.379. The number of aromatic nitrogens is 2. The molecule has 1 heterocycles. The molecule has 0 unspecified atom stereocenters. The zero-order valence-corrected chi connectivity index (χ0v) is 15.3. The first-order chi connectivity index (χ1) is 10.6. The molecule has 0 aliphatic carbocycles. The van der Waals surface area contributed by atoms with E-state index in [1.807, 2.05) is 20.8 Å². The van der Waals surface area contributed by atoms with Crippen LogP contribution in [0.2, 0.25) is 0 Å². The summed E-state index contributed by atoms with van der Waals surface area (Å²) in [6.45, 7) is 8.73. The number of urea groups is 1. The van der Waals surface area contributed by atoms with Crippen molar-refractivity contribution < 1.29 is 19.1 Å². The Labute approximate surface area is 142 Å². The minimum absolute atomic E-state index is 0.194. The van der Waals surface area contributed by atoms with Gasteiger partial charge in [0.2, 0.25) is 5.13 Å². The van der Waals surface area contributed by atoms with E-state index in [0.29, 0.717) is 4.34 Å². The van der Waals surface area contributed by atoms with Gasteiger partial charge in [-0.1, -0.05) is 23.1 Å². The molecule has 0 spiro atoms. The highest BCUT2D eigenvalue weighted by molar-refractivity contribution is 8.03. The lowest BCUT2D eigenvalue weighted by molar-refractivity contribution is -0.144. The normalized spacial score (nSPS) is 12.4. The fraction of sp³-hybridized carbons (Fsp3) is 0.615. The lowest BCUT2D eigenvalue weighted by Gasteiger charge is -2.19. The van der Waals surface area contributed by atoms with Crippen molar-refractivity contribution >= 4 is 46.0 Å². The second kappa shape index (κ2) is 8.25. The maximum atomic E-state index is 11.7. The number of nitrogens with zero attached hydrogens (tertiary/aromatic N) is 2. The Bertz CT molecular complexity index is 583. The molecule has 128 valence electrons. The van der Waals surface area contributed by atoms with Gasteiger partial charge in [-0.3, -0.25) is 14.9 Å². The average Bonchev–Trinajstić information content (AvgIpc) is 2.80. The summed E-state index contributed by atoms with van der Waals surface area (Å²) in [4.78, 5) is 35.0. The molecule has 0 saturated heterocycles. The van der Waals surface area contributed by atoms with E-state index in [4.69, 9.17) is 4.74 Å². The van der Waals surface area contributed by atoms with Gasteiger partial charge in [0.25, 0.3) is 0 Å². The maximum Gasteiger partial charge on any atom is 0.327 e. The summed E-state index contributed by atoms with van der Waals surface area (Å²) in [5.74, 6) is -0.941. The summed E-state index contributed by atoms with van der Waals surface area (Å²) in [6.07, 6.45) is 0. The van der Waals surface area contributed by atoms with E-state index in [2.05, 4.69) is 20.8 Å². The number of hydrogen-bond donors (Lipinski definition) is 2. The van der Waals surface area contributed by atoms with Gasteiger partial charge in [-0.05, 0) is 34.6 Å². The lowest BCUT2D eigenvalue weighted by Crippen LogP contribution is -2.43. The molecular weight excluding hydrogens is 340 g/mol. The van der Waals surface area contributed by atoms with Crippen LogP contribution >= 0.6 is 23.1 Å². The number of rotatable bonds is 6. The largest absolute Gasteiger partial charge is 0.465 e. The van der Waals surface area contributed by atoms with Crippen LogP contribution < -0.4 is 10.6 Å². The Balaban J connectivity index is 2.69. The molecule has 10 heteroatoms. The molecule has 0 aliphatic heterocycles. The third-order valence-corrected chi connectivity index (χ3v) is 4.42. The molecule has 0 aliphatic rings. The van der Waals surface area contributed by atoms with Crippen LogP contribution in [0, 0.1) is 0 Å². The van der Waals surface area contributed by atoms with E-state index in [-0.39, 0.29) is 23.1 Å². The smallest absolute Gasteiger partial charge is 0.327 e. The Morgan fingerprint density at radius 2 is 1.96 bits per heavy atom. The fourth-order valence-electron chi connectivity index (χ4n) is 1.39. The van der Waals surface area contributed by atoms with Crippen LogP contribution in [0.5, 0.6) is 0 Å². The molecule has 1 aromatic rings. The zero-order valence-electron chi connectivity index (χ0n) is 13.6. The van der Waals surface area contributed by atoms with Gasteiger partial charge in [0.05, 0.1) is 6.61 Å². The minimum Gasteiger partial charge on any atom is -0.465 e. The Kier molecular flexibility index (Phi) is 6.95. The number of carbonyl (C=O) groups is 3. The molecule has 1 aromatic heterocycles. The number of carbonyl (C=O) groups excluding carboxylic acids is 3. The first-order valence-electron chi connectivity index (χ1n) is 6.88. The van der Waals surface area contributed by atoms with E-state index in [1.54, 1.807) is 6.92 Å². The number of thioether (sulfide) groups is 1. The fourth-order valence-corrected chi connectivity index (χ4v) is 3.20. The van der Waals surface area contributed by atoms with E-state index in [1.165, 1.54) is 6.92 Å². The summed E-state index contributed by atoms with van der Waals surface area (Å²) < 4.78 is 5.25. The molecule has 1 atom stereocenters. The number of ketones is 1. The van der Waals surface area contributed by atoms with Crippen molar-refractivity contribution in [1.82, 2.24) is 15.5 Å². The molecular formula is C13H20N4O4S2. The first-order valence-corrected chi connectivity index (χ1v) is 8.58. The Morgan fingerprint density at radius 1 is 1.30 bits per heavy atom. The molecule has 0 fully saturated rings. The molecule has 8 nitrogen and oxygen atoms in total. The van der Waals surface area contributed by atoms with Crippen LogP contribution in [-0.4, -0.2) is 45.4 Å². The van der Waals surface area contributed by atoms with Crippen LogP contribution in [0.3, 0.4) is 0 Å². The van der Waals surface area contributed by atoms with Crippen LogP contribution in [0.25, 0.3) is 0 Å². The topological polar surface area (TPSA) is 110 Å². The number of anilines is 1. The van der Waals surface area contributed by atoms with Crippen molar-refractivity contribution in [1.29, 1.82) is 0 Å². The van der Waals surface area contributed by atoms with Crippen molar-refractivity contribution in [3.05, 3.63) is 0 Å². The van der Waals surface area contributed by atoms with Gasteiger partial charge in [0.1, 0.15) is 0 Å². The molecule has 0 bridgehead atoms. The number of nitrogens with one attached hydrogen (secondary N) is 2. The molecule has 0 saturated carbocycles. The van der Waals surface area contributed by atoms with E-state index < -0.39 is 17.3 Å². The summed E-state index contributed by atoms with van der Waals surface area (Å²) in [6, 6.07) is -0.404. The lowest BCUT2D eigenvalue weighted by atomic mass is 10.1. The number of esters is 1. The SMILES string of the molecule is CCOC(=O)[C@H](Sc1nnc(NC(=O)NC(C)(C)C)s1)C(C)=O. The molecule has 1 rings (SSSR count). The summed E-state index contributed by atoms with van der Waals surface area (Å²) >= 11 is 2.03. The van der Waals surface area contributed by atoms with Gasteiger partial charge in [-0.2, -0.15) is 0 Å². The van der Waals surface area contributed by atoms with E-state index >= 15 is 0 Å². The molecule has 0 radical (unpaired) electrons. The second-order valence-electron chi connectivity index (χ2n) is 5.56. The van der Waals surface area contributed by atoms with Gasteiger partial charge in [0, 0.05) is 5.54 Å². The van der Waals surface area contributed by atoms with Gasteiger partial charge in [-0.25, -0.2) is 4.79 Å². The van der Waals surface area contributed by atoms with Crippen LogP contribution in [-0.2, 0) is 14.3 Å². The predicted octanol–water partition coefficient (Wildman–Crippen LogP) is 2.07. The number of Topliss-reactive ketones (excluding diaryl/α,β-unsaturated/α-hetero) is 1. The predicted molar refractivity (Wildman–Crippen MR) is 88.8 cm³/mol. The van der Waals surface area contributed by atoms with Gasteiger partial charge < -0.3 is 10.1 Å². The number of amides is 2. The quantitative estimate of drug-likeness (QED) is 0.346. The van der Waals surface area contributed by atoms with Crippen LogP contribution in [0.15, 0.2) is 4.34 Å². The van der Waals surface area contributed by atoms with Crippen molar-refractivity contribution in [2.75, 3.05) is 11.9 Å². The van der Waals surface area contributed by atoms with Crippen LogP contribution in [0.4, 0.5) is 9.93 Å². The van der Waals surface area contributed by atoms with Gasteiger partial charge in [-0.15, -0.1) is 10.2 Å². The molecule has 2 amide bonds. The van der Waals surface area contributed by atoms with Gasteiger partial charge >= 0.3 is 12.0 Å². The standard InChI is InChI=1S/C13H20N4O4S2/c1-6-21-9(19)8(7(2)18)22-12-17-16-11(23-12)14-10(20)15-13(3,4)5/h8H,6H2,1-5H3,(H2,14,15,16,20)/t8-/m1/s1. The maximum absolute atomic E-state index is 11.7. The monoisotopic (exact) mass is 360 g/mol. The van der Waals surface area contributed by atoms with Crippen molar-refractivity contribution in [3.63, 3.8) is 0 Å². The van der Waals surface area contributed by atoms with E-state index in [0.717, 1.165) is 23.1 Å². The van der Waals surface area contributed by atoms with Crippen molar-refractivity contribution in [2.24, 2.45) is 0 Å².